The molecule has 0 unspecified atom stereocenters. The number of esters is 1. The Morgan fingerprint density at radius 3 is 2.78 bits per heavy atom. The van der Waals surface area contributed by atoms with Crippen molar-refractivity contribution in [1.29, 1.82) is 0 Å². The Morgan fingerprint density at radius 2 is 2.11 bits per heavy atom. The summed E-state index contributed by atoms with van der Waals surface area (Å²) in [5, 5.41) is 2.72. The van der Waals surface area contributed by atoms with Crippen molar-refractivity contribution in [2.45, 2.75) is 11.3 Å². The summed E-state index contributed by atoms with van der Waals surface area (Å²) in [5.74, 6) is -0.258. The fourth-order valence-electron chi connectivity index (χ4n) is 1.82. The molecule has 0 heterocycles. The number of methoxy groups -OCH3 is 1. The lowest BCUT2D eigenvalue weighted by atomic mass is 10.1. The van der Waals surface area contributed by atoms with E-state index in [0.717, 1.165) is 16.3 Å². The number of rotatable bonds is 3. The van der Waals surface area contributed by atoms with Crippen LogP contribution in [0.5, 0.6) is 0 Å². The lowest BCUT2D eigenvalue weighted by molar-refractivity contribution is -0.139. The van der Waals surface area contributed by atoms with Crippen LogP contribution in [0.2, 0.25) is 5.02 Å². The summed E-state index contributed by atoms with van der Waals surface area (Å²) in [6, 6.07) is 9.93. The molecular weight excluding hydrogens is 268 g/mol. The van der Waals surface area contributed by atoms with E-state index in [1.54, 1.807) is 11.8 Å². The zero-order chi connectivity index (χ0) is 13.1. The summed E-state index contributed by atoms with van der Waals surface area (Å²) in [6.45, 7) is 0. The molecule has 0 aliphatic heterocycles. The molecule has 0 bridgehead atoms. The van der Waals surface area contributed by atoms with Crippen LogP contribution in [0.3, 0.4) is 0 Å². The normalized spacial score (nSPS) is 10.6. The second kappa shape index (κ2) is 5.63. The molecule has 0 fully saturated rings. The van der Waals surface area contributed by atoms with Gasteiger partial charge in [0.05, 0.1) is 13.5 Å². The summed E-state index contributed by atoms with van der Waals surface area (Å²) in [7, 11) is 1.38. The number of fused-ring (bicyclic) bond motifs is 1. The molecule has 0 aliphatic carbocycles. The third-order valence-corrected chi connectivity index (χ3v) is 3.78. The summed E-state index contributed by atoms with van der Waals surface area (Å²) >= 11 is 7.93. The first-order valence-electron chi connectivity index (χ1n) is 5.47. The highest BCUT2D eigenvalue weighted by Crippen LogP contribution is 2.29. The number of hydrogen-bond acceptors (Lipinski definition) is 3. The largest absolute Gasteiger partial charge is 0.469 e. The van der Waals surface area contributed by atoms with Gasteiger partial charge >= 0.3 is 5.97 Å². The minimum atomic E-state index is -0.258. The summed E-state index contributed by atoms with van der Waals surface area (Å²) in [6.07, 6.45) is 2.27. The highest BCUT2D eigenvalue weighted by atomic mass is 35.5. The molecule has 2 rings (SSSR count). The standard InChI is InChI=1S/C14H13ClO2S/c1-17-14(16)7-9-5-10-3-4-11(18-2)8-12(10)13(15)6-9/h3-6,8H,7H2,1-2H3. The molecule has 2 aromatic rings. The Kier molecular flexibility index (Phi) is 4.15. The van der Waals surface area contributed by atoms with E-state index < -0.39 is 0 Å². The van der Waals surface area contributed by atoms with Gasteiger partial charge in [0.2, 0.25) is 0 Å². The molecule has 94 valence electrons. The monoisotopic (exact) mass is 280 g/mol. The topological polar surface area (TPSA) is 26.3 Å². The maximum Gasteiger partial charge on any atom is 0.309 e. The zero-order valence-corrected chi connectivity index (χ0v) is 11.8. The van der Waals surface area contributed by atoms with E-state index in [2.05, 4.69) is 10.8 Å². The van der Waals surface area contributed by atoms with Crippen LogP contribution < -0.4 is 0 Å². The van der Waals surface area contributed by atoms with Gasteiger partial charge in [0, 0.05) is 15.3 Å². The van der Waals surface area contributed by atoms with Gasteiger partial charge in [-0.1, -0.05) is 23.7 Å². The van der Waals surface area contributed by atoms with Gasteiger partial charge in [-0.05, 0) is 35.4 Å². The van der Waals surface area contributed by atoms with Gasteiger partial charge in [-0.25, -0.2) is 0 Å². The van der Waals surface area contributed by atoms with Crippen molar-refractivity contribution in [3.8, 4) is 0 Å². The molecule has 2 nitrogen and oxygen atoms in total. The number of halogens is 1. The van der Waals surface area contributed by atoms with Crippen molar-refractivity contribution < 1.29 is 9.53 Å². The number of carbonyl (C=O) groups excluding carboxylic acids is 1. The smallest absolute Gasteiger partial charge is 0.309 e. The van der Waals surface area contributed by atoms with Crippen molar-refractivity contribution >= 4 is 40.1 Å². The van der Waals surface area contributed by atoms with Crippen LogP contribution in [0.1, 0.15) is 5.56 Å². The Bertz CT molecular complexity index is 596. The third kappa shape index (κ3) is 2.79. The predicted octanol–water partition coefficient (Wildman–Crippen LogP) is 3.93. The Morgan fingerprint density at radius 1 is 1.33 bits per heavy atom. The second-order valence-corrected chi connectivity index (χ2v) is 5.20. The van der Waals surface area contributed by atoms with E-state index in [4.69, 9.17) is 11.6 Å². The van der Waals surface area contributed by atoms with Crippen molar-refractivity contribution in [1.82, 2.24) is 0 Å². The first-order valence-corrected chi connectivity index (χ1v) is 7.07. The molecular formula is C14H13ClO2S. The first-order chi connectivity index (χ1) is 8.63. The molecule has 18 heavy (non-hydrogen) atoms. The van der Waals surface area contributed by atoms with E-state index in [9.17, 15) is 4.79 Å². The minimum Gasteiger partial charge on any atom is -0.469 e. The lowest BCUT2D eigenvalue weighted by Crippen LogP contribution is -2.04. The maximum absolute atomic E-state index is 11.3. The number of carbonyl (C=O) groups is 1. The van der Waals surface area contributed by atoms with E-state index in [0.29, 0.717) is 5.02 Å². The summed E-state index contributed by atoms with van der Waals surface area (Å²) in [5.41, 5.74) is 0.872. The van der Waals surface area contributed by atoms with Crippen molar-refractivity contribution in [3.63, 3.8) is 0 Å². The first kappa shape index (κ1) is 13.2. The van der Waals surface area contributed by atoms with Gasteiger partial charge in [0.15, 0.2) is 0 Å². The molecule has 2 aromatic carbocycles. The summed E-state index contributed by atoms with van der Waals surface area (Å²) < 4.78 is 4.66. The van der Waals surface area contributed by atoms with E-state index in [-0.39, 0.29) is 12.4 Å². The second-order valence-electron chi connectivity index (χ2n) is 3.92. The molecule has 4 heteroatoms. The van der Waals surface area contributed by atoms with E-state index in [1.165, 1.54) is 12.0 Å². The van der Waals surface area contributed by atoms with Crippen LogP contribution in [-0.4, -0.2) is 19.3 Å². The number of ether oxygens (including phenoxy) is 1. The fraction of sp³-hybridized carbons (Fsp3) is 0.214. The van der Waals surface area contributed by atoms with Gasteiger partial charge < -0.3 is 4.74 Å². The van der Waals surface area contributed by atoms with Crippen LogP contribution in [0.25, 0.3) is 10.8 Å². The highest BCUT2D eigenvalue weighted by Gasteiger charge is 2.07. The number of benzene rings is 2. The average molecular weight is 281 g/mol. The number of hydrogen-bond donors (Lipinski definition) is 0. The van der Waals surface area contributed by atoms with E-state index in [1.807, 2.05) is 30.5 Å². The van der Waals surface area contributed by atoms with Gasteiger partial charge in [0.25, 0.3) is 0 Å². The van der Waals surface area contributed by atoms with Crippen LogP contribution >= 0.6 is 23.4 Å². The maximum atomic E-state index is 11.3. The van der Waals surface area contributed by atoms with Crippen LogP contribution in [0, 0.1) is 0 Å². The Labute approximate surface area is 115 Å². The van der Waals surface area contributed by atoms with Crippen LogP contribution in [0.15, 0.2) is 35.2 Å². The van der Waals surface area contributed by atoms with Crippen molar-refractivity contribution in [2.75, 3.05) is 13.4 Å². The number of thioether (sulfide) groups is 1. The van der Waals surface area contributed by atoms with Gasteiger partial charge in [-0.3, -0.25) is 4.79 Å². The minimum absolute atomic E-state index is 0.246. The zero-order valence-electron chi connectivity index (χ0n) is 10.2. The van der Waals surface area contributed by atoms with Crippen molar-refractivity contribution in [2.24, 2.45) is 0 Å². The van der Waals surface area contributed by atoms with Gasteiger partial charge in [0.1, 0.15) is 0 Å². The molecule has 0 saturated carbocycles. The van der Waals surface area contributed by atoms with Gasteiger partial charge in [-0.15, -0.1) is 11.8 Å². The molecule has 0 amide bonds. The summed E-state index contributed by atoms with van der Waals surface area (Å²) in [4.78, 5) is 12.4. The SMILES string of the molecule is COC(=O)Cc1cc(Cl)c2cc(SC)ccc2c1. The van der Waals surface area contributed by atoms with Crippen molar-refractivity contribution in [3.05, 3.63) is 40.9 Å². The Balaban J connectivity index is 2.46. The Hall–Kier alpha value is -1.19. The quantitative estimate of drug-likeness (QED) is 0.629. The molecule has 0 atom stereocenters. The molecule has 0 N–H and O–H groups in total. The molecule has 0 aliphatic rings. The molecule has 0 spiro atoms. The van der Waals surface area contributed by atoms with Gasteiger partial charge in [-0.2, -0.15) is 0 Å². The predicted molar refractivity (Wildman–Crippen MR) is 76.5 cm³/mol. The molecule has 0 saturated heterocycles. The average Bonchev–Trinajstić information content (AvgIpc) is 2.38. The van der Waals surface area contributed by atoms with Crippen LogP contribution in [0.4, 0.5) is 0 Å². The molecule has 0 aromatic heterocycles. The fourth-order valence-corrected chi connectivity index (χ4v) is 2.56. The third-order valence-electron chi connectivity index (χ3n) is 2.75. The van der Waals surface area contributed by atoms with E-state index >= 15 is 0 Å². The lowest BCUT2D eigenvalue weighted by Gasteiger charge is -2.07. The molecule has 0 radical (unpaired) electrons. The highest BCUT2D eigenvalue weighted by molar-refractivity contribution is 7.98. The van der Waals surface area contributed by atoms with Crippen LogP contribution in [-0.2, 0) is 16.0 Å².